The molecule has 0 fully saturated rings. The van der Waals surface area contributed by atoms with Gasteiger partial charge >= 0.3 is 0 Å². The number of carbonyl (C=O) groups excluding carboxylic acids is 1. The number of allylic oxidation sites excluding steroid dienone is 1. The third-order valence-corrected chi connectivity index (χ3v) is 5.75. The minimum Gasteiger partial charge on any atom is -0.490 e. The number of nitrogens with one attached hydrogen (secondary N) is 1. The number of para-hydroxylation sites is 1. The van der Waals surface area contributed by atoms with Crippen LogP contribution in [0, 0.1) is 0 Å². The molecule has 5 heteroatoms. The first-order valence-corrected chi connectivity index (χ1v) is 10.3. The molecule has 140 valence electrons. The summed E-state index contributed by atoms with van der Waals surface area (Å²) in [5, 5.41) is 3.56. The third-order valence-electron chi connectivity index (χ3n) is 5.06. The molecule has 4 rings (SSSR count). The van der Waals surface area contributed by atoms with Gasteiger partial charge in [0.25, 0.3) is 0 Å². The lowest BCUT2D eigenvalue weighted by molar-refractivity contribution is 0.102. The van der Waals surface area contributed by atoms with E-state index in [0.29, 0.717) is 18.6 Å². The van der Waals surface area contributed by atoms with Crippen molar-refractivity contribution >= 4 is 27.4 Å². The summed E-state index contributed by atoms with van der Waals surface area (Å²) < 4.78 is 6.69. The van der Waals surface area contributed by atoms with E-state index in [1.54, 1.807) is 0 Å². The molecule has 0 radical (unpaired) electrons. The Bertz CT molecular complexity index is 907. The number of ketones is 1. The molecule has 0 aromatic heterocycles. The van der Waals surface area contributed by atoms with Gasteiger partial charge in [-0.1, -0.05) is 53.5 Å². The Labute approximate surface area is 168 Å². The zero-order valence-electron chi connectivity index (χ0n) is 15.4. The molecule has 2 aromatic rings. The minimum atomic E-state index is 0.0732. The zero-order chi connectivity index (χ0) is 18.8. The Morgan fingerprint density at radius 2 is 2.07 bits per heavy atom. The number of nitrogens with zero attached hydrogens (tertiary/aromatic N) is 1. The van der Waals surface area contributed by atoms with Crippen LogP contribution in [0.15, 0.2) is 58.3 Å². The van der Waals surface area contributed by atoms with Gasteiger partial charge in [0, 0.05) is 28.6 Å². The number of ether oxygens (including phenoxy) is 1. The van der Waals surface area contributed by atoms with Gasteiger partial charge in [-0.2, -0.15) is 0 Å². The van der Waals surface area contributed by atoms with Crippen LogP contribution in [-0.2, 0) is 6.42 Å². The summed E-state index contributed by atoms with van der Waals surface area (Å²) in [5.74, 6) is 1.91. The van der Waals surface area contributed by atoms with Gasteiger partial charge in [0.05, 0.1) is 12.2 Å². The molecule has 0 amide bonds. The molecular formula is C22H23BrN2O2. The predicted molar refractivity (Wildman–Crippen MR) is 111 cm³/mol. The Hall–Kier alpha value is -2.27. The van der Waals surface area contributed by atoms with Crippen molar-refractivity contribution < 1.29 is 9.53 Å². The first kappa shape index (κ1) is 18.1. The van der Waals surface area contributed by atoms with Crippen molar-refractivity contribution in [2.75, 3.05) is 24.6 Å². The fourth-order valence-electron chi connectivity index (χ4n) is 3.73. The largest absolute Gasteiger partial charge is 0.490 e. The van der Waals surface area contributed by atoms with Gasteiger partial charge in [-0.3, -0.25) is 4.79 Å². The summed E-state index contributed by atoms with van der Waals surface area (Å²) in [6, 6.07) is 13.8. The first-order chi connectivity index (χ1) is 13.2. The normalized spacial score (nSPS) is 15.3. The molecule has 4 nitrogen and oxygen atoms in total. The lowest BCUT2D eigenvalue weighted by Crippen LogP contribution is -2.43. The number of halogens is 1. The van der Waals surface area contributed by atoms with E-state index in [2.05, 4.69) is 39.1 Å². The van der Waals surface area contributed by atoms with Crippen molar-refractivity contribution in [3.05, 3.63) is 69.5 Å². The topological polar surface area (TPSA) is 41.6 Å². The summed E-state index contributed by atoms with van der Waals surface area (Å²) >= 11 is 3.54. The Morgan fingerprint density at radius 1 is 1.22 bits per heavy atom. The van der Waals surface area contributed by atoms with E-state index < -0.39 is 0 Å². The summed E-state index contributed by atoms with van der Waals surface area (Å²) in [4.78, 5) is 15.7. The molecule has 2 aliphatic rings. The second kappa shape index (κ2) is 7.77. The second-order valence-corrected chi connectivity index (χ2v) is 7.71. The predicted octanol–water partition coefficient (Wildman–Crippen LogP) is 4.69. The van der Waals surface area contributed by atoms with Crippen LogP contribution in [0.4, 0.5) is 5.69 Å². The molecule has 0 atom stereocenters. The first-order valence-electron chi connectivity index (χ1n) is 9.49. The highest BCUT2D eigenvalue weighted by atomic mass is 79.9. The van der Waals surface area contributed by atoms with Gasteiger partial charge in [-0.15, -0.1) is 0 Å². The Kier molecular flexibility index (Phi) is 5.21. The maximum atomic E-state index is 13.5. The number of unbranched alkanes of at least 4 members (excludes halogenated alkanes) is 1. The molecule has 0 bridgehead atoms. The molecule has 1 N–H and O–H groups in total. The van der Waals surface area contributed by atoms with E-state index in [4.69, 9.17) is 4.74 Å². The van der Waals surface area contributed by atoms with Crippen molar-refractivity contribution in [1.29, 1.82) is 0 Å². The number of benzene rings is 2. The summed E-state index contributed by atoms with van der Waals surface area (Å²) in [6.45, 7) is 4.39. The lowest BCUT2D eigenvalue weighted by atomic mass is 9.91. The summed E-state index contributed by atoms with van der Waals surface area (Å²) in [7, 11) is 0. The summed E-state index contributed by atoms with van der Waals surface area (Å²) in [6.07, 6.45) is 2.79. The van der Waals surface area contributed by atoms with Crippen LogP contribution in [0.1, 0.15) is 35.7 Å². The number of carbonyl (C=O) groups is 1. The number of hydrogen-bond acceptors (Lipinski definition) is 4. The molecule has 2 aliphatic heterocycles. The van der Waals surface area contributed by atoms with Crippen molar-refractivity contribution in [1.82, 2.24) is 5.32 Å². The average molecular weight is 427 g/mol. The Balaban J connectivity index is 1.80. The molecule has 2 heterocycles. The molecule has 0 saturated heterocycles. The fraction of sp³-hybridized carbons (Fsp3) is 0.318. The molecule has 0 aliphatic carbocycles. The van der Waals surface area contributed by atoms with Gasteiger partial charge in [-0.05, 0) is 30.2 Å². The average Bonchev–Trinajstić information content (AvgIpc) is 2.69. The van der Waals surface area contributed by atoms with Gasteiger partial charge < -0.3 is 15.0 Å². The minimum absolute atomic E-state index is 0.0732. The van der Waals surface area contributed by atoms with Gasteiger partial charge in [-0.25, -0.2) is 0 Å². The van der Waals surface area contributed by atoms with Crippen molar-refractivity contribution in [3.8, 4) is 5.75 Å². The van der Waals surface area contributed by atoms with Crippen LogP contribution in [-0.4, -0.2) is 25.5 Å². The molecule has 2 aromatic carbocycles. The maximum absolute atomic E-state index is 13.5. The monoisotopic (exact) mass is 426 g/mol. The van der Waals surface area contributed by atoms with E-state index >= 15 is 0 Å². The van der Waals surface area contributed by atoms with Crippen LogP contribution >= 0.6 is 15.9 Å². The van der Waals surface area contributed by atoms with E-state index in [1.807, 2.05) is 36.4 Å². The molecule has 0 spiro atoms. The van der Waals surface area contributed by atoms with Crippen molar-refractivity contribution in [2.45, 2.75) is 26.2 Å². The van der Waals surface area contributed by atoms with Crippen molar-refractivity contribution in [2.24, 2.45) is 0 Å². The van der Waals surface area contributed by atoms with Crippen LogP contribution in [0.5, 0.6) is 5.75 Å². The standard InChI is InChI=1S/C22H23BrN2O2/c1-2-3-11-24-22-17(21(26)16-8-4-5-9-18(16)23)14-15-7-6-10-19-20(15)25(22)12-13-27-19/h4-10,24H,2-3,11-14H2,1H3. The SMILES string of the molecule is CCCCNC1=C(C(=O)c2ccccc2Br)Cc2cccc3c2N1CCO3. The summed E-state index contributed by atoms with van der Waals surface area (Å²) in [5.41, 5.74) is 3.77. The Morgan fingerprint density at radius 3 is 2.89 bits per heavy atom. The van der Waals surface area contributed by atoms with Crippen LogP contribution in [0.2, 0.25) is 0 Å². The number of Topliss-reactive ketones (excluding diaryl/α,β-unsaturated/α-hetero) is 1. The molecule has 0 saturated carbocycles. The van der Waals surface area contributed by atoms with Gasteiger partial charge in [0.2, 0.25) is 0 Å². The second-order valence-electron chi connectivity index (χ2n) is 6.86. The van der Waals surface area contributed by atoms with Crippen LogP contribution in [0.25, 0.3) is 0 Å². The van der Waals surface area contributed by atoms with Crippen LogP contribution < -0.4 is 15.0 Å². The van der Waals surface area contributed by atoms with E-state index in [1.165, 1.54) is 0 Å². The molecule has 0 unspecified atom stereocenters. The van der Waals surface area contributed by atoms with Crippen molar-refractivity contribution in [3.63, 3.8) is 0 Å². The highest BCUT2D eigenvalue weighted by Crippen LogP contribution is 2.42. The maximum Gasteiger partial charge on any atom is 0.194 e. The number of hydrogen-bond donors (Lipinski definition) is 1. The fourth-order valence-corrected chi connectivity index (χ4v) is 4.20. The quantitative estimate of drug-likeness (QED) is 0.537. The highest BCUT2D eigenvalue weighted by molar-refractivity contribution is 9.10. The number of anilines is 1. The van der Waals surface area contributed by atoms with E-state index in [0.717, 1.165) is 58.8 Å². The van der Waals surface area contributed by atoms with Gasteiger partial charge in [0.15, 0.2) is 5.78 Å². The van der Waals surface area contributed by atoms with Gasteiger partial charge in [0.1, 0.15) is 18.2 Å². The molecular weight excluding hydrogens is 404 g/mol. The highest BCUT2D eigenvalue weighted by Gasteiger charge is 2.33. The smallest absolute Gasteiger partial charge is 0.194 e. The third kappa shape index (κ3) is 3.36. The van der Waals surface area contributed by atoms with Crippen LogP contribution in [0.3, 0.4) is 0 Å². The zero-order valence-corrected chi connectivity index (χ0v) is 17.0. The molecule has 27 heavy (non-hydrogen) atoms. The van der Waals surface area contributed by atoms with E-state index in [9.17, 15) is 4.79 Å². The van der Waals surface area contributed by atoms with E-state index in [-0.39, 0.29) is 5.78 Å². The lowest BCUT2D eigenvalue weighted by Gasteiger charge is -2.39. The number of rotatable bonds is 6.